The molecule has 0 aromatic heterocycles. The van der Waals surface area contributed by atoms with Gasteiger partial charge in [0.1, 0.15) is 4.90 Å². The quantitative estimate of drug-likeness (QED) is 0.570. The van der Waals surface area contributed by atoms with Crippen LogP contribution in [0.5, 0.6) is 0 Å². The lowest BCUT2D eigenvalue weighted by atomic mass is 10.3. The molecule has 1 atom stereocenters. The minimum absolute atomic E-state index is 0.208. The zero-order chi connectivity index (χ0) is 15.7. The van der Waals surface area contributed by atoms with E-state index in [2.05, 4.69) is 0 Å². The Morgan fingerprint density at radius 3 is 2.45 bits per heavy atom. The molecule has 0 radical (unpaired) electrons. The van der Waals surface area contributed by atoms with E-state index in [0.29, 0.717) is 6.07 Å². The number of rotatable bonds is 4. The third-order valence-corrected chi connectivity index (χ3v) is 3.81. The zero-order valence-electron chi connectivity index (χ0n) is 9.58. The molecule has 1 rings (SSSR count). The number of aliphatic hydroxyl groups is 1. The molecule has 4 N–H and O–H groups in total. The van der Waals surface area contributed by atoms with Crippen LogP contribution in [0, 0.1) is 5.82 Å². The van der Waals surface area contributed by atoms with Crippen molar-refractivity contribution >= 4 is 27.3 Å². The van der Waals surface area contributed by atoms with Crippen molar-refractivity contribution in [3.8, 4) is 0 Å². The van der Waals surface area contributed by atoms with E-state index >= 15 is 0 Å². The molecule has 0 amide bonds. The van der Waals surface area contributed by atoms with Crippen LogP contribution < -0.4 is 10.5 Å². The maximum Gasteiger partial charge on any atom is 0.415 e. The van der Waals surface area contributed by atoms with Crippen LogP contribution in [0.25, 0.3) is 0 Å². The highest BCUT2D eigenvalue weighted by molar-refractivity contribution is 7.89. The molecular weight excluding hydrogens is 328 g/mol. The first-order valence-corrected chi connectivity index (χ1v) is 6.80. The normalized spacial score (nSPS) is 14.3. The predicted molar refractivity (Wildman–Crippen MR) is 63.1 cm³/mol. The molecule has 0 spiro atoms. The summed E-state index contributed by atoms with van der Waals surface area (Å²) >= 11 is 5.50. The Morgan fingerprint density at radius 1 is 1.40 bits per heavy atom. The second-order valence-corrected chi connectivity index (χ2v) is 5.89. The summed E-state index contributed by atoms with van der Waals surface area (Å²) in [5, 5.41) is 8.47. The number of alkyl halides is 3. The number of aliphatic hydroxyl groups excluding tert-OH is 1. The van der Waals surface area contributed by atoms with Gasteiger partial charge in [0.05, 0.1) is 5.69 Å². The van der Waals surface area contributed by atoms with Crippen molar-refractivity contribution in [3.63, 3.8) is 0 Å². The molecule has 0 aliphatic heterocycles. The maximum absolute atomic E-state index is 13.5. The standard InChI is InChI=1S/C9H9ClF4N2O3S/c10-4-1-5(15)8(11)6(2-4)20(18,19)16-3-7(17)9(12,13)14/h1-2,7,16-17H,3,15H2. The number of hydrogen-bond donors (Lipinski definition) is 3. The van der Waals surface area contributed by atoms with Crippen molar-refractivity contribution in [2.45, 2.75) is 17.2 Å². The number of nitrogens with one attached hydrogen (secondary N) is 1. The van der Waals surface area contributed by atoms with Gasteiger partial charge in [-0.15, -0.1) is 0 Å². The van der Waals surface area contributed by atoms with E-state index in [9.17, 15) is 26.0 Å². The molecule has 1 aromatic carbocycles. The molecule has 5 nitrogen and oxygen atoms in total. The van der Waals surface area contributed by atoms with Crippen LogP contribution in [0.2, 0.25) is 5.02 Å². The third-order valence-electron chi connectivity index (χ3n) is 2.17. The summed E-state index contributed by atoms with van der Waals surface area (Å²) in [6.07, 6.45) is -7.93. The molecule has 0 aliphatic carbocycles. The molecule has 0 bridgehead atoms. The first-order valence-electron chi connectivity index (χ1n) is 4.94. The first-order chi connectivity index (χ1) is 8.95. The predicted octanol–water partition coefficient (Wildman–Crippen LogP) is 1.26. The monoisotopic (exact) mass is 336 g/mol. The Labute approximate surface area is 116 Å². The van der Waals surface area contributed by atoms with Gasteiger partial charge in [0.2, 0.25) is 10.0 Å². The van der Waals surface area contributed by atoms with Gasteiger partial charge in [0, 0.05) is 11.6 Å². The van der Waals surface area contributed by atoms with Crippen molar-refractivity contribution in [2.24, 2.45) is 0 Å². The molecule has 0 heterocycles. The summed E-state index contributed by atoms with van der Waals surface area (Å²) < 4.78 is 74.4. The van der Waals surface area contributed by atoms with Crippen LogP contribution in [-0.4, -0.2) is 32.3 Å². The Morgan fingerprint density at radius 2 is 1.95 bits per heavy atom. The number of hydrogen-bond acceptors (Lipinski definition) is 4. The molecule has 11 heteroatoms. The van der Waals surface area contributed by atoms with Gasteiger partial charge in [0.15, 0.2) is 11.9 Å². The molecule has 20 heavy (non-hydrogen) atoms. The number of sulfonamides is 1. The summed E-state index contributed by atoms with van der Waals surface area (Å²) in [5.74, 6) is -1.34. The van der Waals surface area contributed by atoms with E-state index in [1.165, 1.54) is 4.72 Å². The van der Waals surface area contributed by atoms with E-state index in [1.54, 1.807) is 0 Å². The number of nitrogen functional groups attached to an aromatic ring is 1. The fourth-order valence-electron chi connectivity index (χ4n) is 1.16. The van der Waals surface area contributed by atoms with Crippen LogP contribution in [0.15, 0.2) is 17.0 Å². The lowest BCUT2D eigenvalue weighted by Crippen LogP contribution is -2.40. The highest BCUT2D eigenvalue weighted by atomic mass is 35.5. The van der Waals surface area contributed by atoms with Gasteiger partial charge in [-0.2, -0.15) is 13.2 Å². The smallest absolute Gasteiger partial charge is 0.396 e. The van der Waals surface area contributed by atoms with E-state index in [0.717, 1.165) is 6.07 Å². The average molecular weight is 337 g/mol. The van der Waals surface area contributed by atoms with E-state index in [4.69, 9.17) is 22.4 Å². The van der Waals surface area contributed by atoms with Gasteiger partial charge >= 0.3 is 6.18 Å². The summed E-state index contributed by atoms with van der Waals surface area (Å²) in [4.78, 5) is -1.00. The Kier molecular flexibility index (Phi) is 4.85. The highest BCUT2D eigenvalue weighted by Gasteiger charge is 2.39. The van der Waals surface area contributed by atoms with Gasteiger partial charge in [0.25, 0.3) is 0 Å². The van der Waals surface area contributed by atoms with E-state index < -0.39 is 45.2 Å². The second kappa shape index (κ2) is 5.72. The molecular formula is C9H9ClF4N2O3S. The number of halogens is 5. The molecule has 0 fully saturated rings. The van der Waals surface area contributed by atoms with Gasteiger partial charge in [-0.1, -0.05) is 11.6 Å². The topological polar surface area (TPSA) is 92.4 Å². The molecule has 114 valence electrons. The fourth-order valence-corrected chi connectivity index (χ4v) is 2.62. The van der Waals surface area contributed by atoms with Crippen LogP contribution in [0.4, 0.5) is 23.2 Å². The molecule has 0 aliphatic rings. The van der Waals surface area contributed by atoms with Crippen LogP contribution in [-0.2, 0) is 10.0 Å². The Hall–Kier alpha value is -1.10. The number of benzene rings is 1. The van der Waals surface area contributed by atoms with Crippen molar-refractivity contribution in [1.29, 1.82) is 0 Å². The SMILES string of the molecule is Nc1cc(Cl)cc(S(=O)(=O)NCC(O)C(F)(F)F)c1F. The largest absolute Gasteiger partial charge is 0.415 e. The first kappa shape index (κ1) is 17.0. The average Bonchev–Trinajstić information content (AvgIpc) is 2.29. The molecule has 0 saturated heterocycles. The third kappa shape index (κ3) is 3.95. The van der Waals surface area contributed by atoms with Crippen molar-refractivity contribution in [1.82, 2.24) is 4.72 Å². The van der Waals surface area contributed by atoms with Crippen LogP contribution in [0.1, 0.15) is 0 Å². The molecule has 0 saturated carbocycles. The van der Waals surface area contributed by atoms with E-state index in [-0.39, 0.29) is 5.02 Å². The fraction of sp³-hybridized carbons (Fsp3) is 0.333. The lowest BCUT2D eigenvalue weighted by Gasteiger charge is -2.15. The lowest BCUT2D eigenvalue weighted by molar-refractivity contribution is -0.200. The summed E-state index contributed by atoms with van der Waals surface area (Å²) in [7, 11) is -4.64. The summed E-state index contributed by atoms with van der Waals surface area (Å²) in [6.45, 7) is -1.36. The van der Waals surface area contributed by atoms with Gasteiger partial charge in [-0.25, -0.2) is 17.5 Å². The van der Waals surface area contributed by atoms with Gasteiger partial charge < -0.3 is 10.8 Å². The van der Waals surface area contributed by atoms with Gasteiger partial charge in [-0.05, 0) is 12.1 Å². The van der Waals surface area contributed by atoms with Crippen molar-refractivity contribution < 1.29 is 31.1 Å². The van der Waals surface area contributed by atoms with Crippen molar-refractivity contribution in [3.05, 3.63) is 23.0 Å². The summed E-state index contributed by atoms with van der Waals surface area (Å²) in [5.41, 5.74) is 4.59. The maximum atomic E-state index is 13.5. The van der Waals surface area contributed by atoms with Crippen LogP contribution in [0.3, 0.4) is 0 Å². The van der Waals surface area contributed by atoms with Gasteiger partial charge in [-0.3, -0.25) is 0 Å². The minimum Gasteiger partial charge on any atom is -0.396 e. The highest BCUT2D eigenvalue weighted by Crippen LogP contribution is 2.25. The molecule has 1 aromatic rings. The van der Waals surface area contributed by atoms with Crippen LogP contribution >= 0.6 is 11.6 Å². The Bertz CT molecular complexity index is 606. The number of nitrogens with two attached hydrogens (primary N) is 1. The summed E-state index contributed by atoms with van der Waals surface area (Å²) in [6, 6.07) is 1.63. The van der Waals surface area contributed by atoms with Crippen molar-refractivity contribution in [2.75, 3.05) is 12.3 Å². The van der Waals surface area contributed by atoms with E-state index in [1.807, 2.05) is 0 Å². The Balaban J connectivity index is 3.02. The number of anilines is 1. The minimum atomic E-state index is -5.01. The molecule has 1 unspecified atom stereocenters. The zero-order valence-corrected chi connectivity index (χ0v) is 11.2. The second-order valence-electron chi connectivity index (χ2n) is 3.72.